The molecule has 1 nitrogen and oxygen atoms in total. The summed E-state index contributed by atoms with van der Waals surface area (Å²) in [7, 11) is 2.05. The average molecular weight is 214 g/mol. The predicted octanol–water partition coefficient (Wildman–Crippen LogP) is 3.92. The first-order chi connectivity index (χ1) is 7.75. The van der Waals surface area contributed by atoms with Crippen LogP contribution in [0.3, 0.4) is 0 Å². The Morgan fingerprint density at radius 3 is 2.53 bits per heavy atom. The molecule has 1 aliphatic heterocycles. The van der Waals surface area contributed by atoms with Crippen molar-refractivity contribution >= 4 is 23.1 Å². The van der Waals surface area contributed by atoms with E-state index in [4.69, 9.17) is 1.37 Å². The molecule has 0 amide bonds. The summed E-state index contributed by atoms with van der Waals surface area (Å²) in [5.41, 5.74) is 2.34. The van der Waals surface area contributed by atoms with Crippen LogP contribution in [0.2, 0.25) is 0 Å². The molecule has 74 valence electrons. The molecule has 0 radical (unpaired) electrons. The number of hydrogen-bond donors (Lipinski definition) is 0. The van der Waals surface area contributed by atoms with Crippen molar-refractivity contribution in [2.75, 3.05) is 11.9 Å². The maximum Gasteiger partial charge on any atom is 0.0623 e. The first-order valence-electron chi connectivity index (χ1n) is 5.37. The lowest BCUT2D eigenvalue weighted by Crippen LogP contribution is -2.14. The van der Waals surface area contributed by atoms with E-state index in [2.05, 4.69) is 30.1 Å². The Morgan fingerprint density at radius 1 is 1.00 bits per heavy atom. The first-order valence-corrected chi connectivity index (χ1v) is 5.68. The predicted molar refractivity (Wildman–Crippen MR) is 65.1 cm³/mol. The van der Waals surface area contributed by atoms with Crippen LogP contribution in [0.5, 0.6) is 0 Å². The van der Waals surface area contributed by atoms with Gasteiger partial charge in [-0.2, -0.15) is 0 Å². The van der Waals surface area contributed by atoms with Gasteiger partial charge in [-0.3, -0.25) is 0 Å². The van der Waals surface area contributed by atoms with Crippen molar-refractivity contribution < 1.29 is 1.37 Å². The molecule has 2 heteroatoms. The van der Waals surface area contributed by atoms with Gasteiger partial charge in [-0.05, 0) is 24.3 Å². The van der Waals surface area contributed by atoms with Gasteiger partial charge in [-0.1, -0.05) is 36.0 Å². The maximum atomic E-state index is 7.67. The third-order valence-electron chi connectivity index (χ3n) is 2.61. The number of nitrogens with zero attached hydrogens (tertiary/aromatic N) is 1. The number of benzene rings is 2. The zero-order valence-corrected chi connectivity index (χ0v) is 9.21. The van der Waals surface area contributed by atoms with Gasteiger partial charge in [0.2, 0.25) is 0 Å². The van der Waals surface area contributed by atoms with Gasteiger partial charge in [-0.25, -0.2) is 0 Å². The van der Waals surface area contributed by atoms with Crippen molar-refractivity contribution in [3.63, 3.8) is 0 Å². The van der Waals surface area contributed by atoms with E-state index in [0.29, 0.717) is 6.04 Å². The summed E-state index contributed by atoms with van der Waals surface area (Å²) < 4.78 is 7.67. The second kappa shape index (κ2) is 3.31. The molecule has 0 unspecified atom stereocenters. The minimum atomic E-state index is 0.561. The molecular formula is C13H11NS. The van der Waals surface area contributed by atoms with E-state index in [0.717, 1.165) is 5.69 Å². The van der Waals surface area contributed by atoms with Crippen LogP contribution in [0.1, 0.15) is 1.37 Å². The number of fused-ring (bicyclic) bond motifs is 2. The molecule has 0 fully saturated rings. The van der Waals surface area contributed by atoms with Crippen molar-refractivity contribution in [3.8, 4) is 0 Å². The van der Waals surface area contributed by atoms with Crippen molar-refractivity contribution in [2.24, 2.45) is 0 Å². The van der Waals surface area contributed by atoms with Gasteiger partial charge in [0, 0.05) is 16.8 Å². The zero-order valence-electron chi connectivity index (χ0n) is 9.40. The summed E-state index contributed by atoms with van der Waals surface area (Å²) in [5, 5.41) is 0. The highest BCUT2D eigenvalue weighted by molar-refractivity contribution is 7.99. The molecule has 0 saturated heterocycles. The van der Waals surface area contributed by atoms with Gasteiger partial charge >= 0.3 is 0 Å². The van der Waals surface area contributed by atoms with Gasteiger partial charge < -0.3 is 4.90 Å². The highest BCUT2D eigenvalue weighted by atomic mass is 32.2. The normalized spacial score (nSPS) is 14.2. The Bertz CT molecular complexity index is 553. The minimum Gasteiger partial charge on any atom is -0.343 e. The summed E-state index contributed by atoms with van der Waals surface area (Å²) in [6.07, 6.45) is 0. The van der Waals surface area contributed by atoms with Crippen LogP contribution in [-0.2, 0) is 0 Å². The van der Waals surface area contributed by atoms with Crippen LogP contribution in [0.25, 0.3) is 0 Å². The molecule has 2 aromatic carbocycles. The number of anilines is 2. The van der Waals surface area contributed by atoms with Crippen LogP contribution in [0, 0.1) is 0 Å². The number of para-hydroxylation sites is 2. The molecule has 3 rings (SSSR count). The standard InChI is InChI=1S/C13H11NS/c1-14-10-6-2-4-8-12(10)15-13-9-5-3-7-11(13)14/h2-9H,1H3/i2D. The first kappa shape index (κ1) is 7.83. The highest BCUT2D eigenvalue weighted by Crippen LogP contribution is 2.46. The fourth-order valence-electron chi connectivity index (χ4n) is 1.82. The lowest BCUT2D eigenvalue weighted by atomic mass is 10.2. The third-order valence-corrected chi connectivity index (χ3v) is 3.74. The fourth-order valence-corrected chi connectivity index (χ4v) is 2.95. The Hall–Kier alpha value is -1.41. The van der Waals surface area contributed by atoms with Crippen LogP contribution >= 0.6 is 11.8 Å². The molecule has 0 spiro atoms. The summed E-state index contributed by atoms with van der Waals surface area (Å²) >= 11 is 1.77. The molecule has 0 aromatic heterocycles. The molecule has 15 heavy (non-hydrogen) atoms. The Morgan fingerprint density at radius 2 is 1.67 bits per heavy atom. The Balaban J connectivity index is 2.19. The third kappa shape index (κ3) is 1.33. The van der Waals surface area contributed by atoms with E-state index in [-0.39, 0.29) is 0 Å². The largest absolute Gasteiger partial charge is 0.343 e. The van der Waals surface area contributed by atoms with E-state index in [1.54, 1.807) is 11.8 Å². The van der Waals surface area contributed by atoms with E-state index in [9.17, 15) is 0 Å². The van der Waals surface area contributed by atoms with Crippen LogP contribution in [0.4, 0.5) is 11.4 Å². The lowest BCUT2D eigenvalue weighted by molar-refractivity contribution is 1.11. The van der Waals surface area contributed by atoms with E-state index >= 15 is 0 Å². The molecule has 1 heterocycles. The van der Waals surface area contributed by atoms with Crippen molar-refractivity contribution in [1.29, 1.82) is 0 Å². The number of rotatable bonds is 0. The van der Waals surface area contributed by atoms with Gasteiger partial charge in [0.05, 0.1) is 12.7 Å². The Kier molecular flexibility index (Phi) is 1.73. The van der Waals surface area contributed by atoms with Crippen molar-refractivity contribution in [3.05, 3.63) is 48.5 Å². The molecule has 1 aliphatic rings. The summed E-state index contributed by atoms with van der Waals surface area (Å²) in [4.78, 5) is 4.64. The molecule has 0 N–H and O–H groups in total. The fraction of sp³-hybridized carbons (Fsp3) is 0.0769. The highest BCUT2D eigenvalue weighted by Gasteiger charge is 2.18. The topological polar surface area (TPSA) is 3.24 Å². The lowest BCUT2D eigenvalue weighted by Gasteiger charge is -2.29. The van der Waals surface area contributed by atoms with Crippen molar-refractivity contribution in [2.45, 2.75) is 9.79 Å². The van der Waals surface area contributed by atoms with Gasteiger partial charge in [0.25, 0.3) is 0 Å². The minimum absolute atomic E-state index is 0.561. The summed E-state index contributed by atoms with van der Waals surface area (Å²) in [6.45, 7) is 0. The second-order valence-electron chi connectivity index (χ2n) is 3.52. The quantitative estimate of drug-likeness (QED) is 0.654. The van der Waals surface area contributed by atoms with Crippen LogP contribution < -0.4 is 4.90 Å². The number of hydrogen-bond acceptors (Lipinski definition) is 2. The van der Waals surface area contributed by atoms with E-state index in [1.165, 1.54) is 15.5 Å². The van der Waals surface area contributed by atoms with E-state index in [1.807, 2.05) is 24.3 Å². The zero-order chi connectivity index (χ0) is 11.1. The average Bonchev–Trinajstić information content (AvgIpc) is 2.31. The second-order valence-corrected chi connectivity index (χ2v) is 4.61. The van der Waals surface area contributed by atoms with Crippen LogP contribution in [0.15, 0.2) is 58.3 Å². The molecular weight excluding hydrogens is 202 g/mol. The SMILES string of the molecule is [2H]c1ccc2c(c1)N(C)c1ccccc1S2. The smallest absolute Gasteiger partial charge is 0.0623 e. The van der Waals surface area contributed by atoms with Gasteiger partial charge in [-0.15, -0.1) is 0 Å². The molecule has 0 atom stereocenters. The molecule has 0 bridgehead atoms. The molecule has 0 aliphatic carbocycles. The monoisotopic (exact) mass is 214 g/mol. The summed E-state index contributed by atoms with van der Waals surface area (Å²) in [5.74, 6) is 0. The summed E-state index contributed by atoms with van der Waals surface area (Å²) in [6, 6.07) is 14.7. The Labute approximate surface area is 95.1 Å². The molecule has 0 saturated carbocycles. The van der Waals surface area contributed by atoms with Crippen molar-refractivity contribution in [1.82, 2.24) is 0 Å². The van der Waals surface area contributed by atoms with Gasteiger partial charge in [0.1, 0.15) is 0 Å². The van der Waals surface area contributed by atoms with Gasteiger partial charge in [0.15, 0.2) is 0 Å². The maximum absolute atomic E-state index is 7.67. The molecule has 2 aromatic rings. The van der Waals surface area contributed by atoms with E-state index < -0.39 is 0 Å². The van der Waals surface area contributed by atoms with Crippen LogP contribution in [-0.4, -0.2) is 7.05 Å².